The molecule has 2 atom stereocenters. The maximum atomic E-state index is 6.14. The molecule has 0 amide bonds. The summed E-state index contributed by atoms with van der Waals surface area (Å²) in [6, 6.07) is 12.2. The van der Waals surface area contributed by atoms with E-state index in [2.05, 4.69) is 24.0 Å². The van der Waals surface area contributed by atoms with Gasteiger partial charge in [0, 0.05) is 12.2 Å². The quantitative estimate of drug-likeness (QED) is 0.857. The standard InChI is InChI=1S/C15H17ClN2S/c1-10-5-3-4-6-13(10)15(11(2)17)19-14-8-7-12(16)9-18-14/h3-9,11,15H,17H2,1-2H3. The van der Waals surface area contributed by atoms with E-state index in [0.29, 0.717) is 5.02 Å². The fraction of sp³-hybridized carbons (Fsp3) is 0.267. The van der Waals surface area contributed by atoms with E-state index in [1.54, 1.807) is 18.0 Å². The first-order chi connectivity index (χ1) is 9.08. The maximum Gasteiger partial charge on any atom is 0.0967 e. The Morgan fingerprint density at radius 2 is 1.95 bits per heavy atom. The van der Waals surface area contributed by atoms with Gasteiger partial charge in [-0.05, 0) is 37.1 Å². The Morgan fingerprint density at radius 1 is 1.21 bits per heavy atom. The molecule has 0 saturated heterocycles. The number of hydrogen-bond donors (Lipinski definition) is 1. The van der Waals surface area contributed by atoms with E-state index >= 15 is 0 Å². The molecule has 0 fully saturated rings. The van der Waals surface area contributed by atoms with Crippen molar-refractivity contribution in [2.75, 3.05) is 0 Å². The van der Waals surface area contributed by atoms with Gasteiger partial charge in [-0.1, -0.05) is 47.6 Å². The van der Waals surface area contributed by atoms with Gasteiger partial charge >= 0.3 is 0 Å². The molecule has 0 spiro atoms. The number of rotatable bonds is 4. The molecule has 4 heteroatoms. The number of nitrogens with two attached hydrogens (primary N) is 1. The second-order valence-corrected chi connectivity index (χ2v) is 6.17. The van der Waals surface area contributed by atoms with Crippen LogP contribution in [-0.2, 0) is 0 Å². The number of benzene rings is 1. The highest BCUT2D eigenvalue weighted by Gasteiger charge is 2.19. The molecule has 100 valence electrons. The first-order valence-electron chi connectivity index (χ1n) is 6.17. The van der Waals surface area contributed by atoms with Crippen molar-refractivity contribution in [3.63, 3.8) is 0 Å². The fourth-order valence-corrected chi connectivity index (χ4v) is 3.16. The summed E-state index contributed by atoms with van der Waals surface area (Å²) in [5, 5.41) is 1.78. The Labute approximate surface area is 123 Å². The summed E-state index contributed by atoms with van der Waals surface area (Å²) >= 11 is 7.53. The third-order valence-corrected chi connectivity index (χ3v) is 4.56. The van der Waals surface area contributed by atoms with Crippen LogP contribution in [-0.4, -0.2) is 11.0 Å². The number of halogens is 1. The van der Waals surface area contributed by atoms with E-state index in [9.17, 15) is 0 Å². The molecule has 0 saturated carbocycles. The van der Waals surface area contributed by atoms with Crippen molar-refractivity contribution in [2.45, 2.75) is 30.2 Å². The van der Waals surface area contributed by atoms with E-state index < -0.39 is 0 Å². The minimum Gasteiger partial charge on any atom is -0.327 e. The minimum absolute atomic E-state index is 0.0450. The molecule has 2 aromatic rings. The van der Waals surface area contributed by atoms with E-state index in [1.165, 1.54) is 11.1 Å². The molecule has 0 aliphatic carbocycles. The first kappa shape index (κ1) is 14.4. The Bertz CT molecular complexity index is 540. The van der Waals surface area contributed by atoms with E-state index in [-0.39, 0.29) is 11.3 Å². The maximum absolute atomic E-state index is 6.14. The molecule has 1 aromatic carbocycles. The first-order valence-corrected chi connectivity index (χ1v) is 7.43. The van der Waals surface area contributed by atoms with Crippen LogP contribution in [0.1, 0.15) is 23.3 Å². The highest BCUT2D eigenvalue weighted by Crippen LogP contribution is 2.37. The summed E-state index contributed by atoms with van der Waals surface area (Å²) in [5.41, 5.74) is 8.66. The fourth-order valence-electron chi connectivity index (χ4n) is 1.92. The van der Waals surface area contributed by atoms with Gasteiger partial charge in [-0.25, -0.2) is 4.98 Å². The third-order valence-electron chi connectivity index (χ3n) is 2.92. The van der Waals surface area contributed by atoms with Gasteiger partial charge in [0.1, 0.15) is 0 Å². The molecule has 0 radical (unpaired) electrons. The number of nitrogens with zero attached hydrogens (tertiary/aromatic N) is 1. The van der Waals surface area contributed by atoms with Gasteiger partial charge in [0.15, 0.2) is 0 Å². The third kappa shape index (κ3) is 3.72. The molecule has 1 aromatic heterocycles. The highest BCUT2D eigenvalue weighted by molar-refractivity contribution is 7.99. The van der Waals surface area contributed by atoms with Gasteiger partial charge in [0.25, 0.3) is 0 Å². The summed E-state index contributed by atoms with van der Waals surface area (Å²) in [7, 11) is 0. The Hall–Kier alpha value is -1.03. The zero-order chi connectivity index (χ0) is 13.8. The predicted molar refractivity (Wildman–Crippen MR) is 82.7 cm³/mol. The van der Waals surface area contributed by atoms with Crippen LogP contribution in [0.3, 0.4) is 0 Å². The van der Waals surface area contributed by atoms with Gasteiger partial charge in [-0.3, -0.25) is 0 Å². The summed E-state index contributed by atoms with van der Waals surface area (Å²) in [4.78, 5) is 4.33. The van der Waals surface area contributed by atoms with Crippen LogP contribution in [0.2, 0.25) is 5.02 Å². The molecule has 0 aliphatic heterocycles. The Morgan fingerprint density at radius 3 is 2.53 bits per heavy atom. The number of pyridine rings is 1. The molecule has 1 heterocycles. The lowest BCUT2D eigenvalue weighted by Gasteiger charge is -2.22. The lowest BCUT2D eigenvalue weighted by atomic mass is 10.0. The van der Waals surface area contributed by atoms with Crippen molar-refractivity contribution in [1.29, 1.82) is 0 Å². The molecular weight excluding hydrogens is 276 g/mol. The van der Waals surface area contributed by atoms with E-state index in [0.717, 1.165) is 5.03 Å². The van der Waals surface area contributed by atoms with Crippen LogP contribution in [0.5, 0.6) is 0 Å². The van der Waals surface area contributed by atoms with Crippen molar-refractivity contribution in [3.05, 3.63) is 58.7 Å². The molecule has 2 nitrogen and oxygen atoms in total. The normalized spacial score (nSPS) is 14.1. The van der Waals surface area contributed by atoms with Crippen molar-refractivity contribution < 1.29 is 0 Å². The van der Waals surface area contributed by atoms with Crippen LogP contribution < -0.4 is 5.73 Å². The molecular formula is C15H17ClN2S. The van der Waals surface area contributed by atoms with Gasteiger partial charge < -0.3 is 5.73 Å². The number of aromatic nitrogens is 1. The molecule has 0 aliphatic rings. The average molecular weight is 293 g/mol. The highest BCUT2D eigenvalue weighted by atomic mass is 35.5. The molecule has 2 N–H and O–H groups in total. The smallest absolute Gasteiger partial charge is 0.0967 e. The van der Waals surface area contributed by atoms with E-state index in [4.69, 9.17) is 17.3 Å². The largest absolute Gasteiger partial charge is 0.327 e. The van der Waals surface area contributed by atoms with Crippen molar-refractivity contribution in [2.24, 2.45) is 5.73 Å². The Kier molecular flexibility index (Phi) is 4.86. The summed E-state index contributed by atoms with van der Waals surface area (Å²) in [6.07, 6.45) is 1.67. The average Bonchev–Trinajstić information content (AvgIpc) is 2.39. The lowest BCUT2D eigenvalue weighted by Crippen LogP contribution is -2.23. The van der Waals surface area contributed by atoms with Crippen molar-refractivity contribution >= 4 is 23.4 Å². The number of aryl methyl sites for hydroxylation is 1. The molecule has 2 rings (SSSR count). The predicted octanol–water partition coefficient (Wildman–Crippen LogP) is 4.22. The van der Waals surface area contributed by atoms with Crippen LogP contribution in [0.25, 0.3) is 0 Å². The molecule has 0 bridgehead atoms. The van der Waals surface area contributed by atoms with Gasteiger partial charge in [0.05, 0.1) is 15.3 Å². The number of thioether (sulfide) groups is 1. The Balaban J connectivity index is 2.27. The molecule has 19 heavy (non-hydrogen) atoms. The van der Waals surface area contributed by atoms with Gasteiger partial charge in [-0.15, -0.1) is 0 Å². The van der Waals surface area contributed by atoms with Crippen molar-refractivity contribution in [1.82, 2.24) is 4.98 Å². The second kappa shape index (κ2) is 6.42. The van der Waals surface area contributed by atoms with Crippen LogP contribution in [0, 0.1) is 6.92 Å². The number of hydrogen-bond acceptors (Lipinski definition) is 3. The second-order valence-electron chi connectivity index (χ2n) is 4.57. The molecule has 2 unspecified atom stereocenters. The SMILES string of the molecule is Cc1ccccc1C(Sc1ccc(Cl)cn1)C(C)N. The topological polar surface area (TPSA) is 38.9 Å². The zero-order valence-electron chi connectivity index (χ0n) is 11.0. The summed E-state index contributed by atoms with van der Waals surface area (Å²) in [5.74, 6) is 0. The van der Waals surface area contributed by atoms with Crippen LogP contribution >= 0.6 is 23.4 Å². The summed E-state index contributed by atoms with van der Waals surface area (Å²) < 4.78 is 0. The lowest BCUT2D eigenvalue weighted by molar-refractivity contribution is 0.717. The van der Waals surface area contributed by atoms with Gasteiger partial charge in [0.2, 0.25) is 0 Å². The van der Waals surface area contributed by atoms with Crippen LogP contribution in [0.15, 0.2) is 47.6 Å². The van der Waals surface area contributed by atoms with E-state index in [1.807, 2.05) is 31.2 Å². The summed E-state index contributed by atoms with van der Waals surface area (Å²) in [6.45, 7) is 4.14. The van der Waals surface area contributed by atoms with Crippen LogP contribution in [0.4, 0.5) is 0 Å². The van der Waals surface area contributed by atoms with Gasteiger partial charge in [-0.2, -0.15) is 0 Å². The monoisotopic (exact) mass is 292 g/mol. The van der Waals surface area contributed by atoms with Crippen molar-refractivity contribution in [3.8, 4) is 0 Å². The minimum atomic E-state index is 0.0450. The zero-order valence-corrected chi connectivity index (χ0v) is 12.6.